The second-order valence-corrected chi connectivity index (χ2v) is 6.40. The van der Waals surface area contributed by atoms with Crippen molar-refractivity contribution in [2.75, 3.05) is 0 Å². The van der Waals surface area contributed by atoms with E-state index in [2.05, 4.69) is 22.9 Å². The molecule has 1 heterocycles. The van der Waals surface area contributed by atoms with Crippen molar-refractivity contribution in [3.05, 3.63) is 64.2 Å². The molecule has 1 N–H and O–H groups in total. The second-order valence-electron chi connectivity index (χ2n) is 5.48. The smallest absolute Gasteiger partial charge is 0.203 e. The molecule has 5 heteroatoms. The molecule has 0 radical (unpaired) electrons. The minimum atomic E-state index is 0.00963. The Morgan fingerprint density at radius 1 is 1.04 bits per heavy atom. The van der Waals surface area contributed by atoms with E-state index in [1.54, 1.807) is 4.57 Å². The normalized spacial score (nSPS) is 11.0. The van der Waals surface area contributed by atoms with E-state index in [1.807, 2.05) is 53.1 Å². The lowest BCUT2D eigenvalue weighted by Crippen LogP contribution is -2.27. The number of para-hydroxylation sites is 2. The number of aryl methyl sites for hydroxylation is 1. The number of aromatic nitrogens is 2. The number of fused-ring (bicyclic) bond motifs is 1. The number of hydrogen-bond donors (Lipinski definition) is 1. The van der Waals surface area contributed by atoms with E-state index in [1.165, 1.54) is 0 Å². The number of imidazole rings is 1. The lowest BCUT2D eigenvalue weighted by Gasteiger charge is -2.04. The number of nitrogens with zero attached hydrogens (tertiary/aromatic N) is 2. The first-order chi connectivity index (χ1) is 11.1. The Hall–Kier alpha value is -2.14. The van der Waals surface area contributed by atoms with Gasteiger partial charge in [0.25, 0.3) is 0 Å². The van der Waals surface area contributed by atoms with E-state index in [0.29, 0.717) is 11.2 Å². The van der Waals surface area contributed by atoms with Gasteiger partial charge in [-0.3, -0.25) is 10.2 Å². The summed E-state index contributed by atoms with van der Waals surface area (Å²) in [4.78, 5) is 12.6. The number of benzene rings is 2. The van der Waals surface area contributed by atoms with Crippen molar-refractivity contribution >= 4 is 32.7 Å². The van der Waals surface area contributed by atoms with E-state index in [0.717, 1.165) is 28.5 Å². The molecule has 3 rings (SSSR count). The van der Waals surface area contributed by atoms with E-state index in [4.69, 9.17) is 5.41 Å². The van der Waals surface area contributed by atoms with Crippen LogP contribution in [0.1, 0.15) is 23.7 Å². The Morgan fingerprint density at radius 2 is 1.65 bits per heavy atom. The fourth-order valence-corrected chi connectivity index (χ4v) is 3.04. The van der Waals surface area contributed by atoms with Gasteiger partial charge in [-0.15, -0.1) is 0 Å². The lowest BCUT2D eigenvalue weighted by atomic mass is 10.1. The molecule has 118 valence electrons. The summed E-state index contributed by atoms with van der Waals surface area (Å²) < 4.78 is 4.70. The zero-order valence-corrected chi connectivity index (χ0v) is 14.5. The molecule has 0 atom stereocenters. The largest absolute Gasteiger partial charge is 0.310 e. The van der Waals surface area contributed by atoms with Gasteiger partial charge in [0.1, 0.15) is 0 Å². The van der Waals surface area contributed by atoms with Crippen molar-refractivity contribution in [2.24, 2.45) is 0 Å². The highest BCUT2D eigenvalue weighted by atomic mass is 79.9. The average molecular weight is 372 g/mol. The highest BCUT2D eigenvalue weighted by Crippen LogP contribution is 2.15. The maximum Gasteiger partial charge on any atom is 0.203 e. The van der Waals surface area contributed by atoms with Crippen LogP contribution in [0, 0.1) is 5.41 Å². The molecule has 23 heavy (non-hydrogen) atoms. The summed E-state index contributed by atoms with van der Waals surface area (Å²) in [6, 6.07) is 15.2. The van der Waals surface area contributed by atoms with Crippen LogP contribution in [0.2, 0.25) is 0 Å². The Morgan fingerprint density at radius 3 is 2.26 bits per heavy atom. The number of ketones is 1. The van der Waals surface area contributed by atoms with Gasteiger partial charge in [0, 0.05) is 16.6 Å². The predicted molar refractivity (Wildman–Crippen MR) is 94.5 cm³/mol. The number of nitrogens with one attached hydrogen (secondary N) is 1. The number of carbonyl (C=O) groups is 1. The van der Waals surface area contributed by atoms with Crippen molar-refractivity contribution < 1.29 is 4.79 Å². The lowest BCUT2D eigenvalue weighted by molar-refractivity contribution is 0.0971. The number of Topliss-reactive ketones (excluding diaryl/α,β-unsaturated/α-hetero) is 1. The van der Waals surface area contributed by atoms with Crippen molar-refractivity contribution in [1.29, 1.82) is 5.41 Å². The van der Waals surface area contributed by atoms with Crippen LogP contribution in [0.4, 0.5) is 0 Å². The molecule has 3 aromatic rings. The molecule has 0 aliphatic carbocycles. The first kappa shape index (κ1) is 15.7. The molecule has 0 unspecified atom stereocenters. The number of rotatable bonds is 5. The summed E-state index contributed by atoms with van der Waals surface area (Å²) in [5.74, 6) is 0.00963. The van der Waals surface area contributed by atoms with E-state index in [-0.39, 0.29) is 12.3 Å². The van der Waals surface area contributed by atoms with E-state index in [9.17, 15) is 4.79 Å². The van der Waals surface area contributed by atoms with Gasteiger partial charge in [0.15, 0.2) is 5.78 Å². The highest BCUT2D eigenvalue weighted by molar-refractivity contribution is 9.10. The van der Waals surface area contributed by atoms with Crippen LogP contribution in [0.5, 0.6) is 0 Å². The molecule has 0 aliphatic heterocycles. The molecule has 0 bridgehead atoms. The SMILES string of the molecule is CCCn1c(=N)n(CC(=O)c2ccc(Br)cc2)c2ccccc21. The molecule has 1 aromatic heterocycles. The first-order valence-corrected chi connectivity index (χ1v) is 8.42. The van der Waals surface area contributed by atoms with Crippen LogP contribution in [0.15, 0.2) is 53.0 Å². The zero-order valence-electron chi connectivity index (χ0n) is 12.9. The first-order valence-electron chi connectivity index (χ1n) is 7.63. The molecular weight excluding hydrogens is 354 g/mol. The van der Waals surface area contributed by atoms with E-state index < -0.39 is 0 Å². The van der Waals surface area contributed by atoms with Gasteiger partial charge in [0.05, 0.1) is 17.6 Å². The van der Waals surface area contributed by atoms with Crippen LogP contribution in [0.25, 0.3) is 11.0 Å². The minimum Gasteiger partial charge on any atom is -0.310 e. The maximum atomic E-state index is 12.6. The summed E-state index contributed by atoms with van der Waals surface area (Å²) in [6.45, 7) is 3.04. The van der Waals surface area contributed by atoms with Crippen molar-refractivity contribution in [1.82, 2.24) is 9.13 Å². The molecule has 2 aromatic carbocycles. The molecular formula is C18H18BrN3O. The Bertz CT molecular complexity index is 906. The third-order valence-corrected chi connectivity index (χ3v) is 4.42. The molecule has 0 aliphatic rings. The minimum absolute atomic E-state index is 0.00963. The van der Waals surface area contributed by atoms with Crippen LogP contribution in [-0.2, 0) is 13.1 Å². The van der Waals surface area contributed by atoms with Gasteiger partial charge < -0.3 is 9.13 Å². The van der Waals surface area contributed by atoms with Crippen molar-refractivity contribution in [2.45, 2.75) is 26.4 Å². The summed E-state index contributed by atoms with van der Waals surface area (Å²) in [5.41, 5.74) is 2.96. The zero-order chi connectivity index (χ0) is 16.4. The van der Waals surface area contributed by atoms with Gasteiger partial charge in [-0.25, -0.2) is 0 Å². The standard InChI is InChI=1S/C18H18BrN3O/c1-2-11-21-15-5-3-4-6-16(15)22(18(21)20)12-17(23)13-7-9-14(19)10-8-13/h3-10,20H,2,11-12H2,1H3. The monoisotopic (exact) mass is 371 g/mol. The third-order valence-electron chi connectivity index (χ3n) is 3.89. The third kappa shape index (κ3) is 3.01. The van der Waals surface area contributed by atoms with Gasteiger partial charge in [0.2, 0.25) is 5.62 Å². The van der Waals surface area contributed by atoms with Crippen LogP contribution in [-0.4, -0.2) is 14.9 Å². The van der Waals surface area contributed by atoms with Gasteiger partial charge >= 0.3 is 0 Å². The molecule has 0 fully saturated rings. The molecule has 0 saturated carbocycles. The van der Waals surface area contributed by atoms with Gasteiger partial charge in [-0.2, -0.15) is 0 Å². The maximum absolute atomic E-state index is 12.6. The Balaban J connectivity index is 2.03. The molecule has 4 nitrogen and oxygen atoms in total. The fraction of sp³-hybridized carbons (Fsp3) is 0.222. The van der Waals surface area contributed by atoms with Gasteiger partial charge in [-0.05, 0) is 30.7 Å². The van der Waals surface area contributed by atoms with Crippen LogP contribution >= 0.6 is 15.9 Å². The summed E-state index contributed by atoms with van der Waals surface area (Å²) >= 11 is 3.38. The predicted octanol–water partition coefficient (Wildman–Crippen LogP) is 3.98. The van der Waals surface area contributed by atoms with Gasteiger partial charge in [-0.1, -0.05) is 47.1 Å². The molecule has 0 saturated heterocycles. The van der Waals surface area contributed by atoms with Crippen molar-refractivity contribution in [3.8, 4) is 0 Å². The summed E-state index contributed by atoms with van der Waals surface area (Å²) in [5, 5.41) is 8.43. The molecule has 0 spiro atoms. The topological polar surface area (TPSA) is 50.8 Å². The fourth-order valence-electron chi connectivity index (χ4n) is 2.78. The van der Waals surface area contributed by atoms with Crippen LogP contribution < -0.4 is 5.62 Å². The summed E-state index contributed by atoms with van der Waals surface area (Å²) in [6.07, 6.45) is 0.950. The second kappa shape index (κ2) is 6.54. The molecule has 0 amide bonds. The summed E-state index contributed by atoms with van der Waals surface area (Å²) in [7, 11) is 0. The quantitative estimate of drug-likeness (QED) is 0.677. The van der Waals surface area contributed by atoms with Crippen LogP contribution in [0.3, 0.4) is 0 Å². The van der Waals surface area contributed by atoms with E-state index >= 15 is 0 Å². The van der Waals surface area contributed by atoms with Crippen molar-refractivity contribution in [3.63, 3.8) is 0 Å². The number of halogens is 1. The Labute approximate surface area is 143 Å². The average Bonchev–Trinajstić information content (AvgIpc) is 2.82. The highest BCUT2D eigenvalue weighted by Gasteiger charge is 2.14. The number of carbonyl (C=O) groups excluding carboxylic acids is 1. The Kier molecular flexibility index (Phi) is 4.48. The number of hydrogen-bond acceptors (Lipinski definition) is 2.